The van der Waals surface area contributed by atoms with Gasteiger partial charge in [-0.15, -0.1) is 5.10 Å². The number of hydrogen-bond donors (Lipinski definition) is 2. The first-order valence-corrected chi connectivity index (χ1v) is 5.19. The molecule has 0 aliphatic rings. The van der Waals surface area contributed by atoms with Crippen molar-refractivity contribution in [3.8, 4) is 0 Å². The fourth-order valence-corrected chi connectivity index (χ4v) is 1.12. The van der Waals surface area contributed by atoms with Gasteiger partial charge in [0.2, 0.25) is 5.91 Å². The van der Waals surface area contributed by atoms with Crippen LogP contribution < -0.4 is 11.1 Å². The topological polar surface area (TPSA) is 95.1 Å². The van der Waals surface area contributed by atoms with Crippen molar-refractivity contribution in [2.45, 2.75) is 20.0 Å². The van der Waals surface area contributed by atoms with E-state index in [1.54, 1.807) is 6.20 Å². The van der Waals surface area contributed by atoms with Crippen molar-refractivity contribution in [1.29, 1.82) is 0 Å². The highest BCUT2D eigenvalue weighted by atomic mass is 16.5. The van der Waals surface area contributed by atoms with E-state index in [9.17, 15) is 4.79 Å². The lowest BCUT2D eigenvalue weighted by Gasteiger charge is -2.04. The molecule has 7 heteroatoms. The van der Waals surface area contributed by atoms with Crippen LogP contribution in [0.2, 0.25) is 0 Å². The molecule has 0 atom stereocenters. The van der Waals surface area contributed by atoms with Crippen LogP contribution in [-0.2, 0) is 22.6 Å². The van der Waals surface area contributed by atoms with E-state index in [-0.39, 0.29) is 12.5 Å². The maximum atomic E-state index is 11.4. The second kappa shape index (κ2) is 6.91. The predicted molar refractivity (Wildman–Crippen MR) is 57.4 cm³/mol. The number of carbonyl (C=O) groups is 1. The number of hydrogen-bond acceptors (Lipinski definition) is 5. The molecular formula is C9H17N5O2. The molecule has 1 aromatic heterocycles. The van der Waals surface area contributed by atoms with Crippen molar-refractivity contribution in [3.63, 3.8) is 0 Å². The van der Waals surface area contributed by atoms with E-state index >= 15 is 0 Å². The highest BCUT2D eigenvalue weighted by molar-refractivity contribution is 5.75. The van der Waals surface area contributed by atoms with Gasteiger partial charge in [-0.3, -0.25) is 4.79 Å². The molecule has 0 saturated carbocycles. The summed E-state index contributed by atoms with van der Waals surface area (Å²) in [5.74, 6) is -0.117. The van der Waals surface area contributed by atoms with Crippen LogP contribution in [0.15, 0.2) is 6.20 Å². The highest BCUT2D eigenvalue weighted by Gasteiger charge is 2.04. The molecule has 0 radical (unpaired) electrons. The van der Waals surface area contributed by atoms with Crippen LogP contribution in [0.4, 0.5) is 0 Å². The Hall–Kier alpha value is -1.47. The minimum atomic E-state index is -0.117. The monoisotopic (exact) mass is 227 g/mol. The predicted octanol–water partition coefficient (Wildman–Crippen LogP) is -1.11. The van der Waals surface area contributed by atoms with Gasteiger partial charge in [-0.05, 0) is 6.92 Å². The Kier molecular flexibility index (Phi) is 5.44. The van der Waals surface area contributed by atoms with Crippen LogP contribution in [0.1, 0.15) is 12.6 Å². The Morgan fingerprint density at radius 2 is 2.50 bits per heavy atom. The Balaban J connectivity index is 2.23. The first-order valence-electron chi connectivity index (χ1n) is 5.19. The Morgan fingerprint density at radius 1 is 1.69 bits per heavy atom. The van der Waals surface area contributed by atoms with Gasteiger partial charge in [0.25, 0.3) is 0 Å². The van der Waals surface area contributed by atoms with Gasteiger partial charge in [0, 0.05) is 19.7 Å². The van der Waals surface area contributed by atoms with Crippen LogP contribution >= 0.6 is 0 Å². The van der Waals surface area contributed by atoms with Crippen LogP contribution in [0.3, 0.4) is 0 Å². The molecular weight excluding hydrogens is 210 g/mol. The number of amides is 1. The molecule has 1 rings (SSSR count). The number of nitrogens with two attached hydrogens (primary N) is 1. The van der Waals surface area contributed by atoms with E-state index in [1.807, 2.05) is 6.92 Å². The molecule has 0 fully saturated rings. The lowest BCUT2D eigenvalue weighted by atomic mass is 10.5. The molecule has 7 nitrogen and oxygen atoms in total. The van der Waals surface area contributed by atoms with Gasteiger partial charge < -0.3 is 15.8 Å². The van der Waals surface area contributed by atoms with Gasteiger partial charge in [-0.25, -0.2) is 4.68 Å². The largest absolute Gasteiger partial charge is 0.380 e. The fraction of sp³-hybridized carbons (Fsp3) is 0.667. The zero-order valence-electron chi connectivity index (χ0n) is 9.35. The molecule has 0 spiro atoms. The molecule has 3 N–H and O–H groups in total. The molecule has 0 bridgehead atoms. The molecule has 1 heterocycles. The number of nitrogens with zero attached hydrogens (tertiary/aromatic N) is 3. The zero-order valence-corrected chi connectivity index (χ0v) is 9.35. The summed E-state index contributed by atoms with van der Waals surface area (Å²) < 4.78 is 6.55. The van der Waals surface area contributed by atoms with E-state index in [1.165, 1.54) is 4.68 Å². The molecule has 90 valence electrons. The van der Waals surface area contributed by atoms with Crippen molar-refractivity contribution in [1.82, 2.24) is 20.3 Å². The van der Waals surface area contributed by atoms with Gasteiger partial charge in [0.05, 0.1) is 18.5 Å². The van der Waals surface area contributed by atoms with Crippen LogP contribution in [0.25, 0.3) is 0 Å². The summed E-state index contributed by atoms with van der Waals surface area (Å²) in [6, 6.07) is 0. The lowest BCUT2D eigenvalue weighted by Crippen LogP contribution is -2.30. The van der Waals surface area contributed by atoms with Gasteiger partial charge in [0.15, 0.2) is 0 Å². The van der Waals surface area contributed by atoms with Gasteiger partial charge >= 0.3 is 0 Å². The molecule has 0 aliphatic carbocycles. The maximum absolute atomic E-state index is 11.4. The maximum Gasteiger partial charge on any atom is 0.241 e. The molecule has 16 heavy (non-hydrogen) atoms. The normalized spacial score (nSPS) is 10.4. The number of aromatic nitrogens is 3. The van der Waals surface area contributed by atoms with Gasteiger partial charge in [0.1, 0.15) is 6.54 Å². The fourth-order valence-electron chi connectivity index (χ4n) is 1.12. The van der Waals surface area contributed by atoms with Crippen molar-refractivity contribution >= 4 is 5.91 Å². The average molecular weight is 227 g/mol. The van der Waals surface area contributed by atoms with Gasteiger partial charge in [-0.1, -0.05) is 5.21 Å². The van der Waals surface area contributed by atoms with Crippen LogP contribution in [0.5, 0.6) is 0 Å². The zero-order chi connectivity index (χ0) is 11.8. The smallest absolute Gasteiger partial charge is 0.241 e. The quantitative estimate of drug-likeness (QED) is 0.576. The molecule has 0 saturated heterocycles. The third-order valence-electron chi connectivity index (χ3n) is 1.87. The summed E-state index contributed by atoms with van der Waals surface area (Å²) in [6.07, 6.45) is 1.65. The summed E-state index contributed by atoms with van der Waals surface area (Å²) in [4.78, 5) is 11.4. The van der Waals surface area contributed by atoms with Gasteiger partial charge in [-0.2, -0.15) is 0 Å². The molecule has 0 aromatic carbocycles. The minimum absolute atomic E-state index is 0.117. The first-order chi connectivity index (χ1) is 7.76. The van der Waals surface area contributed by atoms with Crippen LogP contribution in [0, 0.1) is 0 Å². The summed E-state index contributed by atoms with van der Waals surface area (Å²) in [5.41, 5.74) is 6.04. The molecule has 1 aromatic rings. The average Bonchev–Trinajstić information content (AvgIpc) is 2.72. The van der Waals surface area contributed by atoms with E-state index in [2.05, 4.69) is 15.6 Å². The third kappa shape index (κ3) is 4.37. The van der Waals surface area contributed by atoms with E-state index in [0.717, 1.165) is 0 Å². The Bertz CT molecular complexity index is 325. The number of ether oxygens (including phenoxy) is 1. The van der Waals surface area contributed by atoms with Crippen molar-refractivity contribution in [2.75, 3.05) is 19.8 Å². The molecule has 0 aliphatic heterocycles. The summed E-state index contributed by atoms with van der Waals surface area (Å²) in [6.45, 7) is 4.06. The van der Waals surface area contributed by atoms with E-state index in [4.69, 9.17) is 10.5 Å². The van der Waals surface area contributed by atoms with Crippen molar-refractivity contribution in [2.24, 2.45) is 5.73 Å². The van der Waals surface area contributed by atoms with E-state index in [0.29, 0.717) is 32.0 Å². The Morgan fingerprint density at radius 3 is 3.12 bits per heavy atom. The molecule has 1 amide bonds. The number of carbonyl (C=O) groups excluding carboxylic acids is 1. The Labute approximate surface area is 93.9 Å². The summed E-state index contributed by atoms with van der Waals surface area (Å²) in [5, 5.41) is 10.3. The third-order valence-corrected chi connectivity index (χ3v) is 1.87. The SMILES string of the molecule is CCOCCNC(=O)Cn1cc(CN)nn1. The molecule has 0 unspecified atom stereocenters. The summed E-state index contributed by atoms with van der Waals surface area (Å²) in [7, 11) is 0. The first kappa shape index (κ1) is 12.6. The highest BCUT2D eigenvalue weighted by Crippen LogP contribution is 1.90. The lowest BCUT2D eigenvalue weighted by molar-refractivity contribution is -0.122. The second-order valence-electron chi connectivity index (χ2n) is 3.16. The van der Waals surface area contributed by atoms with E-state index < -0.39 is 0 Å². The van der Waals surface area contributed by atoms with Crippen LogP contribution in [-0.4, -0.2) is 40.7 Å². The van der Waals surface area contributed by atoms with Crippen molar-refractivity contribution < 1.29 is 9.53 Å². The summed E-state index contributed by atoms with van der Waals surface area (Å²) >= 11 is 0. The second-order valence-corrected chi connectivity index (χ2v) is 3.16. The minimum Gasteiger partial charge on any atom is -0.380 e. The number of nitrogens with one attached hydrogen (secondary N) is 1. The number of rotatable bonds is 7. The van der Waals surface area contributed by atoms with Crippen molar-refractivity contribution in [3.05, 3.63) is 11.9 Å². The standard InChI is InChI=1S/C9H17N5O2/c1-2-16-4-3-11-9(15)7-14-6-8(5-10)12-13-14/h6H,2-5,7,10H2,1H3,(H,11,15).